The first-order chi connectivity index (χ1) is 10.7. The quantitative estimate of drug-likeness (QED) is 0.795. The molecular formula is C19H18N2O. The zero-order chi connectivity index (χ0) is 15.1. The highest BCUT2D eigenvalue weighted by Crippen LogP contribution is 2.39. The molecule has 0 aromatic heterocycles. The summed E-state index contributed by atoms with van der Waals surface area (Å²) >= 11 is 0. The van der Waals surface area contributed by atoms with Gasteiger partial charge in [0.15, 0.2) is 5.78 Å². The van der Waals surface area contributed by atoms with Crippen LogP contribution < -0.4 is 4.90 Å². The molecule has 0 saturated heterocycles. The molecule has 3 heteroatoms. The topological polar surface area (TPSA) is 44.1 Å². The van der Waals surface area contributed by atoms with Crippen LogP contribution in [-0.2, 0) is 11.2 Å². The molecule has 1 atom stereocenters. The molecule has 110 valence electrons. The largest absolute Gasteiger partial charge is 0.345 e. The van der Waals surface area contributed by atoms with E-state index in [1.807, 2.05) is 18.2 Å². The molecule has 0 fully saturated rings. The third-order valence-electron chi connectivity index (χ3n) is 5.07. The maximum absolute atomic E-state index is 11.7. The van der Waals surface area contributed by atoms with E-state index in [2.05, 4.69) is 23.1 Å². The minimum Gasteiger partial charge on any atom is -0.345 e. The monoisotopic (exact) mass is 290 g/mol. The predicted molar refractivity (Wildman–Crippen MR) is 85.3 cm³/mol. The van der Waals surface area contributed by atoms with Gasteiger partial charge >= 0.3 is 0 Å². The van der Waals surface area contributed by atoms with Crippen LogP contribution in [0.1, 0.15) is 36.8 Å². The molecule has 1 heterocycles. The second-order valence-corrected chi connectivity index (χ2v) is 6.38. The van der Waals surface area contributed by atoms with Gasteiger partial charge in [-0.3, -0.25) is 4.79 Å². The summed E-state index contributed by atoms with van der Waals surface area (Å²) in [5.41, 5.74) is 5.77. The van der Waals surface area contributed by atoms with Gasteiger partial charge in [0, 0.05) is 24.4 Å². The normalized spacial score (nSPS) is 23.3. The third kappa shape index (κ3) is 2.16. The van der Waals surface area contributed by atoms with Crippen molar-refractivity contribution in [1.82, 2.24) is 0 Å². The molecule has 3 aliphatic rings. The molecule has 4 rings (SSSR count). The van der Waals surface area contributed by atoms with E-state index in [4.69, 9.17) is 5.26 Å². The van der Waals surface area contributed by atoms with Gasteiger partial charge in [-0.2, -0.15) is 5.26 Å². The van der Waals surface area contributed by atoms with Crippen molar-refractivity contribution < 1.29 is 4.79 Å². The zero-order valence-electron chi connectivity index (χ0n) is 12.5. The highest BCUT2D eigenvalue weighted by Gasteiger charge is 2.29. The SMILES string of the molecule is N#Cc1ccc2c(c1)CCN2C1=CC2=CC(=O)CCC2CC1. The zero-order valence-corrected chi connectivity index (χ0v) is 12.5. The summed E-state index contributed by atoms with van der Waals surface area (Å²) < 4.78 is 0. The number of nitrogens with zero attached hydrogens (tertiary/aromatic N) is 2. The van der Waals surface area contributed by atoms with Crippen LogP contribution in [0.3, 0.4) is 0 Å². The van der Waals surface area contributed by atoms with Crippen molar-refractivity contribution in [2.45, 2.75) is 32.1 Å². The van der Waals surface area contributed by atoms with Gasteiger partial charge in [-0.1, -0.05) is 0 Å². The first kappa shape index (κ1) is 13.3. The Morgan fingerprint density at radius 1 is 1.14 bits per heavy atom. The predicted octanol–water partition coefficient (Wildman–Crippen LogP) is 3.50. The first-order valence-electron chi connectivity index (χ1n) is 8.00. The Labute approximate surface area is 130 Å². The molecule has 3 nitrogen and oxygen atoms in total. The van der Waals surface area contributed by atoms with Gasteiger partial charge < -0.3 is 4.90 Å². The number of hydrogen-bond acceptors (Lipinski definition) is 3. The lowest BCUT2D eigenvalue weighted by Crippen LogP contribution is -2.25. The number of rotatable bonds is 1. The van der Waals surface area contributed by atoms with Gasteiger partial charge in [-0.15, -0.1) is 0 Å². The van der Waals surface area contributed by atoms with E-state index in [1.54, 1.807) is 0 Å². The number of ketones is 1. The van der Waals surface area contributed by atoms with E-state index >= 15 is 0 Å². The Balaban J connectivity index is 1.68. The summed E-state index contributed by atoms with van der Waals surface area (Å²) in [5.74, 6) is 0.841. The van der Waals surface area contributed by atoms with Crippen LogP contribution in [0.5, 0.6) is 0 Å². The van der Waals surface area contributed by atoms with Crippen molar-refractivity contribution in [3.63, 3.8) is 0 Å². The van der Waals surface area contributed by atoms with Gasteiger partial charge in [-0.05, 0) is 73.1 Å². The average Bonchev–Trinajstić information content (AvgIpc) is 2.97. The van der Waals surface area contributed by atoms with E-state index in [0.717, 1.165) is 37.8 Å². The van der Waals surface area contributed by atoms with Gasteiger partial charge in [0.2, 0.25) is 0 Å². The third-order valence-corrected chi connectivity index (χ3v) is 5.07. The Hall–Kier alpha value is -2.34. The lowest BCUT2D eigenvalue weighted by molar-refractivity contribution is -0.115. The summed E-state index contributed by atoms with van der Waals surface area (Å²) in [5, 5.41) is 9.02. The number of hydrogen-bond donors (Lipinski definition) is 0. The van der Waals surface area contributed by atoms with Crippen LogP contribution in [0.4, 0.5) is 5.69 Å². The molecule has 0 amide bonds. The highest BCUT2D eigenvalue weighted by atomic mass is 16.1. The minimum absolute atomic E-state index is 0.268. The number of anilines is 1. The molecule has 1 aromatic carbocycles. The summed E-state index contributed by atoms with van der Waals surface area (Å²) in [7, 11) is 0. The van der Waals surface area contributed by atoms with E-state index in [1.165, 1.54) is 22.5 Å². The van der Waals surface area contributed by atoms with E-state index in [-0.39, 0.29) is 5.78 Å². The molecule has 22 heavy (non-hydrogen) atoms. The standard InChI is InChI=1S/C19H18N2O/c20-12-13-1-6-19-15(9-13)7-8-21(19)17-4-2-14-3-5-18(22)11-16(14)10-17/h1,6,9-11,14H,2-5,7-8H2. The van der Waals surface area contributed by atoms with Crippen molar-refractivity contribution >= 4 is 11.5 Å². The van der Waals surface area contributed by atoms with Crippen LogP contribution in [0.25, 0.3) is 0 Å². The molecular weight excluding hydrogens is 272 g/mol. The molecule has 0 spiro atoms. The molecule has 1 aromatic rings. The van der Waals surface area contributed by atoms with E-state index in [9.17, 15) is 4.79 Å². The second kappa shape index (κ2) is 5.14. The van der Waals surface area contributed by atoms with Crippen LogP contribution in [0.15, 0.2) is 41.6 Å². The van der Waals surface area contributed by atoms with E-state index < -0.39 is 0 Å². The van der Waals surface area contributed by atoms with Crippen LogP contribution in [0, 0.1) is 17.2 Å². The second-order valence-electron chi connectivity index (χ2n) is 6.38. The summed E-state index contributed by atoms with van der Waals surface area (Å²) in [6.45, 7) is 0.974. The Bertz CT molecular complexity index is 751. The number of benzene rings is 1. The number of carbonyl (C=O) groups is 1. The molecule has 0 radical (unpaired) electrons. The van der Waals surface area contributed by atoms with Gasteiger partial charge in [0.25, 0.3) is 0 Å². The summed E-state index contributed by atoms with van der Waals surface area (Å²) in [4.78, 5) is 14.0. The van der Waals surface area contributed by atoms with Gasteiger partial charge in [0.05, 0.1) is 11.6 Å². The van der Waals surface area contributed by atoms with Gasteiger partial charge in [-0.25, -0.2) is 0 Å². The average molecular weight is 290 g/mol. The Kier molecular flexibility index (Phi) is 3.11. The maximum Gasteiger partial charge on any atom is 0.155 e. The molecule has 2 aliphatic carbocycles. The van der Waals surface area contributed by atoms with Gasteiger partial charge in [0.1, 0.15) is 0 Å². The lowest BCUT2D eigenvalue weighted by atomic mass is 9.79. The fourth-order valence-corrected chi connectivity index (χ4v) is 3.90. The van der Waals surface area contributed by atoms with Crippen LogP contribution >= 0.6 is 0 Å². The van der Waals surface area contributed by atoms with Crippen molar-refractivity contribution in [1.29, 1.82) is 5.26 Å². The first-order valence-corrected chi connectivity index (χ1v) is 8.00. The van der Waals surface area contributed by atoms with E-state index in [0.29, 0.717) is 12.3 Å². The summed E-state index contributed by atoms with van der Waals surface area (Å²) in [6, 6.07) is 8.18. The van der Waals surface area contributed by atoms with Crippen molar-refractivity contribution in [3.8, 4) is 6.07 Å². The fourth-order valence-electron chi connectivity index (χ4n) is 3.90. The fraction of sp³-hybridized carbons (Fsp3) is 0.368. The molecule has 1 aliphatic heterocycles. The Morgan fingerprint density at radius 3 is 2.86 bits per heavy atom. The van der Waals surface area contributed by atoms with Crippen LogP contribution in [0.2, 0.25) is 0 Å². The highest BCUT2D eigenvalue weighted by molar-refractivity contribution is 5.92. The lowest BCUT2D eigenvalue weighted by Gasteiger charge is -2.32. The van der Waals surface area contributed by atoms with Crippen molar-refractivity contribution in [2.75, 3.05) is 11.4 Å². The Morgan fingerprint density at radius 2 is 2.00 bits per heavy atom. The molecule has 0 saturated carbocycles. The molecule has 0 N–H and O–H groups in total. The number of allylic oxidation sites excluding steroid dienone is 4. The number of carbonyl (C=O) groups excluding carboxylic acids is 1. The maximum atomic E-state index is 11.7. The number of fused-ring (bicyclic) bond motifs is 2. The molecule has 1 unspecified atom stereocenters. The summed E-state index contributed by atoms with van der Waals surface area (Å²) in [6.07, 6.45) is 9.02. The number of nitriles is 1. The van der Waals surface area contributed by atoms with Crippen LogP contribution in [-0.4, -0.2) is 12.3 Å². The minimum atomic E-state index is 0.268. The van der Waals surface area contributed by atoms with Crippen molar-refractivity contribution in [3.05, 3.63) is 52.7 Å². The smallest absolute Gasteiger partial charge is 0.155 e. The van der Waals surface area contributed by atoms with Crippen molar-refractivity contribution in [2.24, 2.45) is 5.92 Å². The molecule has 0 bridgehead atoms.